The zero-order chi connectivity index (χ0) is 18.7. The Hall–Kier alpha value is -2.66. The number of aromatic nitrogens is 1. The number of fused-ring (bicyclic) bond motifs is 1. The van der Waals surface area contributed by atoms with Gasteiger partial charge in [-0.2, -0.15) is 0 Å². The second-order valence-corrected chi connectivity index (χ2v) is 7.54. The molecule has 1 aromatic heterocycles. The number of pyridine rings is 1. The predicted molar refractivity (Wildman–Crippen MR) is 107 cm³/mol. The number of hydrogen-bond donors (Lipinski definition) is 1. The lowest BCUT2D eigenvalue weighted by atomic mass is 10.1. The summed E-state index contributed by atoms with van der Waals surface area (Å²) < 4.78 is 0. The molecule has 0 aliphatic carbocycles. The number of ketones is 1. The molecule has 0 saturated heterocycles. The van der Waals surface area contributed by atoms with Crippen molar-refractivity contribution in [3.05, 3.63) is 65.7 Å². The van der Waals surface area contributed by atoms with Gasteiger partial charge in [-0.05, 0) is 55.8 Å². The molecule has 3 rings (SSSR count). The summed E-state index contributed by atoms with van der Waals surface area (Å²) >= 11 is 1.46. The van der Waals surface area contributed by atoms with Crippen LogP contribution in [0.25, 0.3) is 10.9 Å². The third-order valence-corrected chi connectivity index (χ3v) is 5.07. The molecule has 0 saturated carbocycles. The van der Waals surface area contributed by atoms with Gasteiger partial charge in [0.15, 0.2) is 5.78 Å². The van der Waals surface area contributed by atoms with Crippen LogP contribution in [0.2, 0.25) is 0 Å². The van der Waals surface area contributed by atoms with Crippen LogP contribution in [0.5, 0.6) is 0 Å². The van der Waals surface area contributed by atoms with Gasteiger partial charge in [-0.1, -0.05) is 30.0 Å². The summed E-state index contributed by atoms with van der Waals surface area (Å²) in [5, 5.41) is 4.42. The molecule has 0 radical (unpaired) electrons. The van der Waals surface area contributed by atoms with Gasteiger partial charge in [0, 0.05) is 23.6 Å². The lowest BCUT2D eigenvalue weighted by Crippen LogP contribution is -2.14. The smallest absolute Gasteiger partial charge is 0.221 e. The zero-order valence-electron chi connectivity index (χ0n) is 14.9. The number of carbonyl (C=O) groups is 2. The molecule has 26 heavy (non-hydrogen) atoms. The van der Waals surface area contributed by atoms with E-state index in [0.717, 1.165) is 21.5 Å². The van der Waals surface area contributed by atoms with Crippen LogP contribution >= 0.6 is 11.8 Å². The first-order valence-electron chi connectivity index (χ1n) is 8.39. The molecule has 4 nitrogen and oxygen atoms in total. The van der Waals surface area contributed by atoms with Crippen LogP contribution in [0.4, 0.5) is 5.69 Å². The number of nitrogens with zero attached hydrogens (tertiary/aromatic N) is 1. The summed E-state index contributed by atoms with van der Waals surface area (Å²) in [6, 6.07) is 17.0. The Balaban J connectivity index is 1.76. The molecule has 2 aromatic carbocycles. The summed E-state index contributed by atoms with van der Waals surface area (Å²) in [5.41, 5.74) is 3.39. The summed E-state index contributed by atoms with van der Waals surface area (Å²) in [7, 11) is 0. The first kappa shape index (κ1) is 18.1. The third-order valence-electron chi connectivity index (χ3n) is 4.06. The van der Waals surface area contributed by atoms with Crippen LogP contribution in [-0.4, -0.2) is 21.9 Å². The molecule has 1 N–H and O–H groups in total. The van der Waals surface area contributed by atoms with Gasteiger partial charge in [0.05, 0.1) is 15.8 Å². The number of hydrogen-bond acceptors (Lipinski definition) is 4. The third kappa shape index (κ3) is 4.11. The maximum atomic E-state index is 12.7. The maximum absolute atomic E-state index is 12.7. The Bertz CT molecular complexity index is 967. The van der Waals surface area contributed by atoms with Gasteiger partial charge in [-0.3, -0.25) is 9.59 Å². The minimum absolute atomic E-state index is 0.0389. The van der Waals surface area contributed by atoms with Gasteiger partial charge in [0.2, 0.25) is 5.91 Å². The van der Waals surface area contributed by atoms with E-state index in [4.69, 9.17) is 0 Å². The van der Waals surface area contributed by atoms with Crippen LogP contribution in [0.3, 0.4) is 0 Å². The van der Waals surface area contributed by atoms with E-state index < -0.39 is 0 Å². The molecule has 0 bridgehead atoms. The van der Waals surface area contributed by atoms with Gasteiger partial charge in [-0.15, -0.1) is 0 Å². The van der Waals surface area contributed by atoms with E-state index in [1.54, 1.807) is 24.3 Å². The number of carbonyl (C=O) groups excluding carboxylic acids is 2. The average molecular weight is 364 g/mol. The molecule has 0 aliphatic heterocycles. The Labute approximate surface area is 157 Å². The number of amides is 1. The van der Waals surface area contributed by atoms with Crippen molar-refractivity contribution in [1.82, 2.24) is 4.98 Å². The topological polar surface area (TPSA) is 59.1 Å². The van der Waals surface area contributed by atoms with E-state index >= 15 is 0 Å². The van der Waals surface area contributed by atoms with Crippen LogP contribution in [-0.2, 0) is 4.79 Å². The number of nitrogens with one attached hydrogen (secondary N) is 1. The van der Waals surface area contributed by atoms with Gasteiger partial charge in [0.1, 0.15) is 0 Å². The highest BCUT2D eigenvalue weighted by Crippen LogP contribution is 2.28. The monoisotopic (exact) mass is 364 g/mol. The molecule has 0 aliphatic rings. The van der Waals surface area contributed by atoms with Crippen molar-refractivity contribution in [2.24, 2.45) is 0 Å². The molecule has 1 heterocycles. The Kier molecular flexibility index (Phi) is 5.38. The minimum atomic E-state index is -0.255. The first-order chi connectivity index (χ1) is 12.4. The van der Waals surface area contributed by atoms with Crippen molar-refractivity contribution >= 4 is 40.0 Å². The molecule has 1 amide bonds. The number of benzene rings is 2. The molecule has 132 valence electrons. The Morgan fingerprint density at radius 2 is 1.77 bits per heavy atom. The minimum Gasteiger partial charge on any atom is -0.326 e. The fraction of sp³-hybridized carbons (Fsp3) is 0.190. The quantitative estimate of drug-likeness (QED) is 0.518. The predicted octanol–water partition coefficient (Wildman–Crippen LogP) is 4.87. The van der Waals surface area contributed by atoms with Crippen molar-refractivity contribution in [1.29, 1.82) is 0 Å². The molecular weight excluding hydrogens is 344 g/mol. The maximum Gasteiger partial charge on any atom is 0.221 e. The Morgan fingerprint density at radius 1 is 1.08 bits per heavy atom. The molecule has 1 unspecified atom stereocenters. The van der Waals surface area contributed by atoms with E-state index in [0.29, 0.717) is 11.3 Å². The molecule has 5 heteroatoms. The summed E-state index contributed by atoms with van der Waals surface area (Å²) in [6.07, 6.45) is 0. The van der Waals surface area contributed by atoms with E-state index in [1.807, 2.05) is 31.2 Å². The van der Waals surface area contributed by atoms with Crippen molar-refractivity contribution in [3.63, 3.8) is 0 Å². The number of aryl methyl sites for hydroxylation is 1. The van der Waals surface area contributed by atoms with Crippen molar-refractivity contribution in [2.45, 2.75) is 31.0 Å². The second-order valence-electron chi connectivity index (χ2n) is 6.18. The molecule has 1 atom stereocenters. The van der Waals surface area contributed by atoms with Gasteiger partial charge in [0.25, 0.3) is 0 Å². The van der Waals surface area contributed by atoms with Crippen LogP contribution in [0.1, 0.15) is 29.8 Å². The molecule has 0 spiro atoms. The fourth-order valence-corrected chi connectivity index (χ4v) is 3.77. The molecular formula is C21H20N2O2S. The second kappa shape index (κ2) is 7.70. The van der Waals surface area contributed by atoms with Crippen LogP contribution in [0, 0.1) is 6.92 Å². The highest BCUT2D eigenvalue weighted by molar-refractivity contribution is 8.00. The van der Waals surface area contributed by atoms with E-state index in [2.05, 4.69) is 23.3 Å². The van der Waals surface area contributed by atoms with E-state index in [1.165, 1.54) is 18.7 Å². The van der Waals surface area contributed by atoms with Crippen LogP contribution < -0.4 is 5.32 Å². The van der Waals surface area contributed by atoms with Crippen LogP contribution in [0.15, 0.2) is 59.6 Å². The van der Waals surface area contributed by atoms with Crippen molar-refractivity contribution < 1.29 is 9.59 Å². The van der Waals surface area contributed by atoms with Crippen molar-refractivity contribution in [3.8, 4) is 0 Å². The highest BCUT2D eigenvalue weighted by atomic mass is 32.2. The summed E-state index contributed by atoms with van der Waals surface area (Å²) in [4.78, 5) is 28.4. The molecule has 3 aromatic rings. The number of anilines is 1. The first-order valence-corrected chi connectivity index (χ1v) is 9.27. The molecule has 0 fully saturated rings. The lowest BCUT2D eigenvalue weighted by Gasteiger charge is -2.12. The van der Waals surface area contributed by atoms with E-state index in [-0.39, 0.29) is 16.9 Å². The normalized spacial score (nSPS) is 12.0. The van der Waals surface area contributed by atoms with Gasteiger partial charge < -0.3 is 5.32 Å². The highest BCUT2D eigenvalue weighted by Gasteiger charge is 2.18. The number of rotatable bonds is 5. The largest absolute Gasteiger partial charge is 0.326 e. The average Bonchev–Trinajstić information content (AvgIpc) is 2.61. The number of para-hydroxylation sites is 1. The standard InChI is InChI=1S/C21H20N2O2S/c1-13-12-20(23-19-7-5-4-6-18(13)19)26-14(2)21(25)16-8-10-17(11-9-16)22-15(3)24/h4-12,14H,1-3H3,(H,22,24). The Morgan fingerprint density at radius 3 is 2.46 bits per heavy atom. The van der Waals surface area contributed by atoms with Gasteiger partial charge >= 0.3 is 0 Å². The summed E-state index contributed by atoms with van der Waals surface area (Å²) in [5.74, 6) is -0.0947. The van der Waals surface area contributed by atoms with Crippen molar-refractivity contribution in [2.75, 3.05) is 5.32 Å². The number of Topliss-reactive ketones (excluding diaryl/α,β-unsaturated/α-hetero) is 1. The number of thioether (sulfide) groups is 1. The summed E-state index contributed by atoms with van der Waals surface area (Å²) in [6.45, 7) is 5.40. The fourth-order valence-electron chi connectivity index (χ4n) is 2.77. The van der Waals surface area contributed by atoms with Gasteiger partial charge in [-0.25, -0.2) is 4.98 Å². The zero-order valence-corrected chi connectivity index (χ0v) is 15.8. The van der Waals surface area contributed by atoms with E-state index in [9.17, 15) is 9.59 Å². The lowest BCUT2D eigenvalue weighted by molar-refractivity contribution is -0.114. The SMILES string of the molecule is CC(=O)Nc1ccc(C(=O)C(C)Sc2cc(C)c3ccccc3n2)cc1.